The van der Waals surface area contributed by atoms with Gasteiger partial charge < -0.3 is 20.3 Å². The Hall–Kier alpha value is -0.650. The number of aliphatic hydroxyl groups is 1. The largest absolute Gasteiger partial charge is 0.481 e. The molecule has 0 aliphatic heterocycles. The van der Waals surface area contributed by atoms with E-state index in [9.17, 15) is 9.90 Å². The van der Waals surface area contributed by atoms with Crippen molar-refractivity contribution in [2.45, 2.75) is 57.7 Å². The summed E-state index contributed by atoms with van der Waals surface area (Å²) in [6.45, 7) is 7.81. The quantitative estimate of drug-likeness (QED) is 0.653. The van der Waals surface area contributed by atoms with E-state index in [1.807, 2.05) is 20.8 Å². The van der Waals surface area contributed by atoms with Crippen molar-refractivity contribution in [3.8, 4) is 0 Å². The third-order valence-electron chi connectivity index (χ3n) is 3.81. The molecule has 1 aliphatic rings. The number of carbonyl (C=O) groups is 1. The van der Waals surface area contributed by atoms with E-state index in [0.29, 0.717) is 45.4 Å². The van der Waals surface area contributed by atoms with Crippen LogP contribution >= 0.6 is 0 Å². The molecule has 0 aromatic heterocycles. The van der Waals surface area contributed by atoms with Crippen molar-refractivity contribution in [3.05, 3.63) is 0 Å². The van der Waals surface area contributed by atoms with Gasteiger partial charge in [0.05, 0.1) is 17.1 Å². The molecule has 0 amide bonds. The number of aliphatic carboxylic acids is 1. The zero-order chi connectivity index (χ0) is 14.5. The molecule has 0 bridgehead atoms. The van der Waals surface area contributed by atoms with Gasteiger partial charge in [0.1, 0.15) is 0 Å². The van der Waals surface area contributed by atoms with Gasteiger partial charge in [0.15, 0.2) is 0 Å². The third-order valence-corrected chi connectivity index (χ3v) is 3.81. The minimum Gasteiger partial charge on any atom is -0.481 e. The standard InChI is InChI=1S/C14H27NO4/c1-4-19-13(2,3)9-15-10-14(18)7-5-11(6-8-14)12(16)17/h11,15,18H,4-10H2,1-3H3,(H,16,17). The Bertz CT molecular complexity index is 296. The lowest BCUT2D eigenvalue weighted by atomic mass is 9.79. The van der Waals surface area contributed by atoms with Crippen LogP contribution in [0.2, 0.25) is 0 Å². The van der Waals surface area contributed by atoms with E-state index in [4.69, 9.17) is 9.84 Å². The van der Waals surface area contributed by atoms with Crippen molar-refractivity contribution in [2.24, 2.45) is 5.92 Å². The first-order chi connectivity index (χ1) is 8.78. The zero-order valence-electron chi connectivity index (χ0n) is 12.2. The first-order valence-electron chi connectivity index (χ1n) is 7.08. The van der Waals surface area contributed by atoms with E-state index in [0.717, 1.165) is 0 Å². The van der Waals surface area contributed by atoms with Gasteiger partial charge >= 0.3 is 5.97 Å². The van der Waals surface area contributed by atoms with Gasteiger partial charge in [0.25, 0.3) is 0 Å². The average molecular weight is 273 g/mol. The highest BCUT2D eigenvalue weighted by Gasteiger charge is 2.35. The van der Waals surface area contributed by atoms with Crippen molar-refractivity contribution in [1.82, 2.24) is 5.32 Å². The van der Waals surface area contributed by atoms with E-state index >= 15 is 0 Å². The topological polar surface area (TPSA) is 78.8 Å². The molecule has 3 N–H and O–H groups in total. The Morgan fingerprint density at radius 1 is 1.42 bits per heavy atom. The second-order valence-corrected chi connectivity index (χ2v) is 6.13. The second-order valence-electron chi connectivity index (χ2n) is 6.13. The van der Waals surface area contributed by atoms with Gasteiger partial charge in [-0.3, -0.25) is 4.79 Å². The van der Waals surface area contributed by atoms with E-state index in [2.05, 4.69) is 5.32 Å². The monoisotopic (exact) mass is 273 g/mol. The molecule has 0 aromatic rings. The normalized spacial score (nSPS) is 28.3. The van der Waals surface area contributed by atoms with E-state index in [1.165, 1.54) is 0 Å². The van der Waals surface area contributed by atoms with Crippen molar-refractivity contribution >= 4 is 5.97 Å². The van der Waals surface area contributed by atoms with Crippen molar-refractivity contribution in [2.75, 3.05) is 19.7 Å². The van der Waals surface area contributed by atoms with Crippen LogP contribution in [0.1, 0.15) is 46.5 Å². The highest BCUT2D eigenvalue weighted by Crippen LogP contribution is 2.31. The minimum absolute atomic E-state index is 0.247. The van der Waals surface area contributed by atoms with E-state index in [-0.39, 0.29) is 11.5 Å². The lowest BCUT2D eigenvalue weighted by Gasteiger charge is -2.36. The molecule has 0 atom stereocenters. The number of nitrogens with one attached hydrogen (secondary N) is 1. The number of ether oxygens (including phenoxy) is 1. The van der Waals surface area contributed by atoms with Crippen LogP contribution in [0.25, 0.3) is 0 Å². The maximum absolute atomic E-state index is 10.9. The third kappa shape index (κ3) is 5.47. The molecule has 5 heteroatoms. The second kappa shape index (κ2) is 6.68. The smallest absolute Gasteiger partial charge is 0.306 e. The maximum Gasteiger partial charge on any atom is 0.306 e. The highest BCUT2D eigenvalue weighted by atomic mass is 16.5. The Balaban J connectivity index is 2.31. The zero-order valence-corrected chi connectivity index (χ0v) is 12.2. The summed E-state index contributed by atoms with van der Waals surface area (Å²) in [6, 6.07) is 0. The van der Waals surface area contributed by atoms with Gasteiger partial charge in [-0.15, -0.1) is 0 Å². The van der Waals surface area contributed by atoms with Gasteiger partial charge in [-0.05, 0) is 46.5 Å². The first-order valence-corrected chi connectivity index (χ1v) is 7.08. The molecule has 0 heterocycles. The molecule has 1 rings (SSSR count). The fourth-order valence-corrected chi connectivity index (χ4v) is 2.62. The molecule has 19 heavy (non-hydrogen) atoms. The number of hydrogen-bond donors (Lipinski definition) is 3. The Labute approximate surface area is 115 Å². The molecule has 0 spiro atoms. The molecule has 0 aromatic carbocycles. The molecule has 0 radical (unpaired) electrons. The number of carboxylic acids is 1. The van der Waals surface area contributed by atoms with Crippen molar-refractivity contribution in [1.29, 1.82) is 0 Å². The molecule has 0 unspecified atom stereocenters. The number of carboxylic acid groups (broad SMARTS) is 1. The van der Waals surface area contributed by atoms with E-state index in [1.54, 1.807) is 0 Å². The predicted molar refractivity (Wildman–Crippen MR) is 73.1 cm³/mol. The summed E-state index contributed by atoms with van der Waals surface area (Å²) in [5.41, 5.74) is -1.02. The van der Waals surface area contributed by atoms with Gasteiger partial charge in [0, 0.05) is 19.7 Å². The Morgan fingerprint density at radius 3 is 2.47 bits per heavy atom. The van der Waals surface area contributed by atoms with Crippen LogP contribution in [0.3, 0.4) is 0 Å². The van der Waals surface area contributed by atoms with Crippen LogP contribution in [0.5, 0.6) is 0 Å². The fourth-order valence-electron chi connectivity index (χ4n) is 2.62. The van der Waals surface area contributed by atoms with Crippen molar-refractivity contribution in [3.63, 3.8) is 0 Å². The van der Waals surface area contributed by atoms with Gasteiger partial charge in [-0.25, -0.2) is 0 Å². The highest BCUT2D eigenvalue weighted by molar-refractivity contribution is 5.70. The Morgan fingerprint density at radius 2 is 2.00 bits per heavy atom. The fraction of sp³-hybridized carbons (Fsp3) is 0.929. The molecule has 1 aliphatic carbocycles. The van der Waals surface area contributed by atoms with E-state index < -0.39 is 11.6 Å². The summed E-state index contributed by atoms with van der Waals surface area (Å²) in [5.74, 6) is -1.03. The summed E-state index contributed by atoms with van der Waals surface area (Å²) >= 11 is 0. The average Bonchev–Trinajstić information content (AvgIpc) is 2.28. The summed E-state index contributed by atoms with van der Waals surface area (Å²) < 4.78 is 5.58. The SMILES string of the molecule is CCOC(C)(C)CNCC1(O)CCC(C(=O)O)CC1. The summed E-state index contributed by atoms with van der Waals surface area (Å²) in [4.78, 5) is 10.9. The molecule has 1 fully saturated rings. The molecular formula is C14H27NO4. The van der Waals surface area contributed by atoms with Crippen LogP contribution in [-0.4, -0.2) is 47.1 Å². The summed E-state index contributed by atoms with van der Waals surface area (Å²) in [6.07, 6.45) is 2.21. The van der Waals surface area contributed by atoms with Crippen LogP contribution < -0.4 is 5.32 Å². The van der Waals surface area contributed by atoms with Crippen molar-refractivity contribution < 1.29 is 19.7 Å². The van der Waals surface area contributed by atoms with Crippen LogP contribution in [0, 0.1) is 5.92 Å². The van der Waals surface area contributed by atoms with Gasteiger partial charge in [-0.1, -0.05) is 0 Å². The minimum atomic E-state index is -0.770. The summed E-state index contributed by atoms with van der Waals surface area (Å²) in [7, 11) is 0. The van der Waals surface area contributed by atoms with Crippen LogP contribution in [0.4, 0.5) is 0 Å². The molecule has 0 saturated heterocycles. The summed E-state index contributed by atoms with van der Waals surface area (Å²) in [5, 5.41) is 22.6. The van der Waals surface area contributed by atoms with Crippen LogP contribution in [-0.2, 0) is 9.53 Å². The first kappa shape index (κ1) is 16.4. The lowest BCUT2D eigenvalue weighted by Crippen LogP contribution is -2.48. The number of rotatable bonds is 7. The van der Waals surface area contributed by atoms with Crippen LogP contribution in [0.15, 0.2) is 0 Å². The predicted octanol–water partition coefficient (Wildman–Crippen LogP) is 1.40. The lowest BCUT2D eigenvalue weighted by molar-refractivity contribution is -0.144. The Kier molecular flexibility index (Phi) is 5.77. The molecule has 112 valence electrons. The molecule has 5 nitrogen and oxygen atoms in total. The molecular weight excluding hydrogens is 246 g/mol. The van der Waals surface area contributed by atoms with Gasteiger partial charge in [-0.2, -0.15) is 0 Å². The number of hydrogen-bond acceptors (Lipinski definition) is 4. The molecule has 1 saturated carbocycles. The maximum atomic E-state index is 10.9. The van der Waals surface area contributed by atoms with Gasteiger partial charge in [0.2, 0.25) is 0 Å².